The molecule has 1 aromatic carbocycles. The molecule has 1 fully saturated rings. The smallest absolute Gasteiger partial charge is 0.320 e. The van der Waals surface area contributed by atoms with Crippen molar-refractivity contribution in [1.29, 1.82) is 0 Å². The Bertz CT molecular complexity index is 553. The first kappa shape index (κ1) is 15.0. The highest BCUT2D eigenvalue weighted by Gasteiger charge is 2.35. The average molecular weight is 311 g/mol. The molecule has 3 nitrogen and oxygen atoms in total. The Morgan fingerprint density at radius 3 is 2.80 bits per heavy atom. The summed E-state index contributed by atoms with van der Waals surface area (Å²) >= 11 is 12.1. The summed E-state index contributed by atoms with van der Waals surface area (Å²) in [6, 6.07) is 5.55. The molecule has 1 atom stereocenters. The van der Waals surface area contributed by atoms with E-state index in [2.05, 4.69) is 5.92 Å². The molecule has 1 aromatic rings. The number of terminal acetylenes is 1. The van der Waals surface area contributed by atoms with Gasteiger partial charge in [0, 0.05) is 23.1 Å². The van der Waals surface area contributed by atoms with Crippen LogP contribution >= 0.6 is 23.2 Å². The van der Waals surface area contributed by atoms with E-state index in [9.17, 15) is 4.79 Å². The molecule has 1 aliphatic rings. The first-order valence-electron chi connectivity index (χ1n) is 6.49. The minimum Gasteiger partial charge on any atom is -0.320 e. The largest absolute Gasteiger partial charge is 0.321 e. The van der Waals surface area contributed by atoms with Crippen LogP contribution in [-0.2, 0) is 6.42 Å². The molecular weight excluding hydrogens is 295 g/mol. The predicted octanol–water partition coefficient (Wildman–Crippen LogP) is 3.30. The zero-order chi connectivity index (χ0) is 14.7. The molecule has 1 aliphatic heterocycles. The van der Waals surface area contributed by atoms with E-state index in [1.54, 1.807) is 11.0 Å². The Kier molecular flexibility index (Phi) is 4.80. The lowest BCUT2D eigenvalue weighted by Crippen LogP contribution is -2.35. The number of hydrogen-bond donors (Lipinski definition) is 0. The number of urea groups is 1. The quantitative estimate of drug-likeness (QED) is 0.783. The van der Waals surface area contributed by atoms with Gasteiger partial charge in [-0.05, 0) is 31.0 Å². The minimum absolute atomic E-state index is 0.000496. The van der Waals surface area contributed by atoms with Gasteiger partial charge in [0.05, 0.1) is 12.6 Å². The lowest BCUT2D eigenvalue weighted by Gasteiger charge is -2.21. The van der Waals surface area contributed by atoms with Gasteiger partial charge in [0.15, 0.2) is 0 Å². The number of carbonyl (C=O) groups is 1. The van der Waals surface area contributed by atoms with E-state index < -0.39 is 0 Å². The summed E-state index contributed by atoms with van der Waals surface area (Å²) in [7, 11) is 0. The number of amides is 2. The number of halogens is 2. The number of carbonyl (C=O) groups excluding carboxylic acids is 1. The van der Waals surface area contributed by atoms with Crippen molar-refractivity contribution >= 4 is 29.2 Å². The van der Waals surface area contributed by atoms with Gasteiger partial charge in [-0.25, -0.2) is 4.79 Å². The molecule has 106 valence electrons. The lowest BCUT2D eigenvalue weighted by molar-refractivity contribution is 0.191. The van der Waals surface area contributed by atoms with Gasteiger partial charge in [0.25, 0.3) is 0 Å². The molecule has 1 heterocycles. The van der Waals surface area contributed by atoms with Gasteiger partial charge < -0.3 is 9.80 Å². The van der Waals surface area contributed by atoms with E-state index in [0.29, 0.717) is 36.1 Å². The fourth-order valence-electron chi connectivity index (χ4n) is 2.52. The highest BCUT2D eigenvalue weighted by atomic mass is 35.5. The highest BCUT2D eigenvalue weighted by Crippen LogP contribution is 2.25. The molecule has 2 rings (SSSR count). The van der Waals surface area contributed by atoms with Crippen LogP contribution < -0.4 is 0 Å². The minimum atomic E-state index is 0.000496. The second kappa shape index (κ2) is 6.39. The molecule has 0 bridgehead atoms. The number of likely N-dealkylation sites (N-methyl/N-ethyl adjacent to an activating group) is 1. The summed E-state index contributed by atoms with van der Waals surface area (Å²) in [6.07, 6.45) is 6.00. The molecule has 0 aliphatic carbocycles. The number of benzene rings is 1. The van der Waals surface area contributed by atoms with Gasteiger partial charge in [-0.2, -0.15) is 0 Å². The Balaban J connectivity index is 2.16. The molecule has 1 saturated heterocycles. The monoisotopic (exact) mass is 310 g/mol. The molecule has 1 unspecified atom stereocenters. The van der Waals surface area contributed by atoms with Crippen molar-refractivity contribution in [3.05, 3.63) is 33.8 Å². The van der Waals surface area contributed by atoms with Crippen molar-refractivity contribution in [1.82, 2.24) is 9.80 Å². The Hall–Kier alpha value is -1.37. The molecule has 2 amide bonds. The maximum Gasteiger partial charge on any atom is 0.321 e. The SMILES string of the molecule is C#CCN1CC(Cc2ccc(Cl)cc2Cl)N(CC)C1=O. The van der Waals surface area contributed by atoms with Crippen LogP contribution in [-0.4, -0.2) is 41.5 Å². The van der Waals surface area contributed by atoms with E-state index in [-0.39, 0.29) is 12.1 Å². The summed E-state index contributed by atoms with van der Waals surface area (Å²) in [5.74, 6) is 2.52. The summed E-state index contributed by atoms with van der Waals surface area (Å²) in [4.78, 5) is 15.7. The maximum absolute atomic E-state index is 12.2. The van der Waals surface area contributed by atoms with Crippen LogP contribution in [0.4, 0.5) is 4.79 Å². The predicted molar refractivity (Wildman–Crippen MR) is 82.1 cm³/mol. The lowest BCUT2D eigenvalue weighted by atomic mass is 10.1. The Morgan fingerprint density at radius 1 is 1.45 bits per heavy atom. The van der Waals surface area contributed by atoms with Crippen molar-refractivity contribution in [2.45, 2.75) is 19.4 Å². The molecule has 0 aromatic heterocycles. The van der Waals surface area contributed by atoms with Crippen LogP contribution in [0.3, 0.4) is 0 Å². The number of nitrogens with zero attached hydrogens (tertiary/aromatic N) is 2. The van der Waals surface area contributed by atoms with E-state index in [0.717, 1.165) is 5.56 Å². The number of rotatable bonds is 4. The topological polar surface area (TPSA) is 23.6 Å². The van der Waals surface area contributed by atoms with Gasteiger partial charge in [0.1, 0.15) is 0 Å². The standard InChI is InChI=1S/C15H16Cl2N2O/c1-3-7-18-10-13(19(4-2)15(18)20)8-11-5-6-12(16)9-14(11)17/h1,5-6,9,13H,4,7-8,10H2,2H3. The zero-order valence-corrected chi connectivity index (χ0v) is 12.8. The van der Waals surface area contributed by atoms with E-state index in [4.69, 9.17) is 29.6 Å². The van der Waals surface area contributed by atoms with Gasteiger partial charge in [-0.3, -0.25) is 0 Å². The highest BCUT2D eigenvalue weighted by molar-refractivity contribution is 6.35. The summed E-state index contributed by atoms with van der Waals surface area (Å²) < 4.78 is 0. The van der Waals surface area contributed by atoms with Crippen LogP contribution in [0, 0.1) is 12.3 Å². The fourth-order valence-corrected chi connectivity index (χ4v) is 3.01. The summed E-state index contributed by atoms with van der Waals surface area (Å²) in [5.41, 5.74) is 0.995. The summed E-state index contributed by atoms with van der Waals surface area (Å²) in [6.45, 7) is 3.61. The Morgan fingerprint density at radius 2 is 2.20 bits per heavy atom. The second-order valence-corrected chi connectivity index (χ2v) is 5.59. The van der Waals surface area contributed by atoms with Gasteiger partial charge >= 0.3 is 6.03 Å². The van der Waals surface area contributed by atoms with Gasteiger partial charge in [0.2, 0.25) is 0 Å². The molecule has 5 heteroatoms. The third-order valence-corrected chi connectivity index (χ3v) is 4.07. The van der Waals surface area contributed by atoms with Gasteiger partial charge in [-0.1, -0.05) is 35.2 Å². The molecule has 0 spiro atoms. The van der Waals surface area contributed by atoms with Crippen molar-refractivity contribution in [2.24, 2.45) is 0 Å². The molecular formula is C15H16Cl2N2O. The van der Waals surface area contributed by atoms with Crippen molar-refractivity contribution in [3.8, 4) is 12.3 Å². The van der Waals surface area contributed by atoms with Crippen LogP contribution in [0.15, 0.2) is 18.2 Å². The first-order valence-corrected chi connectivity index (χ1v) is 7.25. The third-order valence-electron chi connectivity index (χ3n) is 3.48. The van der Waals surface area contributed by atoms with Crippen molar-refractivity contribution in [2.75, 3.05) is 19.6 Å². The van der Waals surface area contributed by atoms with Crippen LogP contribution in [0.5, 0.6) is 0 Å². The second-order valence-electron chi connectivity index (χ2n) is 4.75. The molecule has 20 heavy (non-hydrogen) atoms. The van der Waals surface area contributed by atoms with Crippen LogP contribution in [0.25, 0.3) is 0 Å². The van der Waals surface area contributed by atoms with E-state index >= 15 is 0 Å². The first-order chi connectivity index (χ1) is 9.56. The molecule has 0 saturated carbocycles. The van der Waals surface area contributed by atoms with Crippen LogP contribution in [0.2, 0.25) is 10.0 Å². The van der Waals surface area contributed by atoms with Crippen molar-refractivity contribution in [3.63, 3.8) is 0 Å². The third kappa shape index (κ3) is 3.03. The average Bonchev–Trinajstić information content (AvgIpc) is 2.69. The van der Waals surface area contributed by atoms with E-state index in [1.807, 2.05) is 24.0 Å². The normalized spacial score (nSPS) is 18.5. The fraction of sp³-hybridized carbons (Fsp3) is 0.400. The van der Waals surface area contributed by atoms with Gasteiger partial charge in [-0.15, -0.1) is 6.42 Å². The number of hydrogen-bond acceptors (Lipinski definition) is 1. The van der Waals surface area contributed by atoms with Crippen molar-refractivity contribution < 1.29 is 4.79 Å². The Labute approximate surface area is 129 Å². The maximum atomic E-state index is 12.2. The van der Waals surface area contributed by atoms with E-state index in [1.165, 1.54) is 0 Å². The zero-order valence-electron chi connectivity index (χ0n) is 11.3. The summed E-state index contributed by atoms with van der Waals surface area (Å²) in [5, 5.41) is 1.25. The van der Waals surface area contributed by atoms with Crippen LogP contribution in [0.1, 0.15) is 12.5 Å². The molecule has 0 radical (unpaired) electrons. The molecule has 0 N–H and O–H groups in total.